The zero-order chi connectivity index (χ0) is 17.1. The topological polar surface area (TPSA) is 37.8 Å². The Bertz CT molecular complexity index is 526. The molecule has 0 aliphatic carbocycles. The summed E-state index contributed by atoms with van der Waals surface area (Å²) in [6.07, 6.45) is 4.77. The van der Waals surface area contributed by atoms with Gasteiger partial charge in [0.2, 0.25) is 0 Å². The lowest BCUT2D eigenvalue weighted by Crippen LogP contribution is -2.31. The molecule has 3 rings (SSSR count). The Morgan fingerprint density at radius 2 is 1.71 bits per heavy atom. The molecule has 0 spiro atoms. The second-order valence-corrected chi connectivity index (χ2v) is 7.95. The Labute approximate surface area is 157 Å². The van der Waals surface area contributed by atoms with Gasteiger partial charge in [-0.25, -0.2) is 0 Å². The minimum absolute atomic E-state index is 0.398. The summed E-state index contributed by atoms with van der Waals surface area (Å²) >= 11 is 9.57. The number of likely N-dealkylation sites (N-methyl/N-ethyl adjacent to an activating group) is 2. The van der Waals surface area contributed by atoms with Crippen molar-refractivity contribution >= 4 is 27.5 Å². The molecule has 2 aliphatic heterocycles. The third-order valence-electron chi connectivity index (χ3n) is 5.05. The molecule has 0 amide bonds. The van der Waals surface area contributed by atoms with Crippen LogP contribution in [0.4, 0.5) is 0 Å². The third-order valence-corrected chi connectivity index (χ3v) is 6.17. The number of pyridine rings is 1. The number of aromatic nitrogens is 1. The van der Waals surface area contributed by atoms with Crippen molar-refractivity contribution < 1.29 is 9.47 Å². The largest absolute Gasteiger partial charge is 0.486 e. The first-order chi connectivity index (χ1) is 11.5. The van der Waals surface area contributed by atoms with Gasteiger partial charge < -0.3 is 19.3 Å². The first-order valence-electron chi connectivity index (χ1n) is 8.56. The van der Waals surface area contributed by atoms with Crippen LogP contribution in [0.1, 0.15) is 25.7 Å². The predicted molar refractivity (Wildman–Crippen MR) is 99.2 cm³/mol. The van der Waals surface area contributed by atoms with Crippen molar-refractivity contribution in [3.8, 4) is 11.6 Å². The summed E-state index contributed by atoms with van der Waals surface area (Å²) in [5, 5.41) is 0.398. The standard InChI is InChI=1S/C17H25BrClN3O2/c1-21-7-3-5-12(21)10-23-15-9-14(18)16(19)20-17(15)24-11-13-6-4-8-22(13)2/h9,12-13H,3-8,10-11H2,1-2H3/t12-,13-/m1/s1. The molecule has 24 heavy (non-hydrogen) atoms. The van der Waals surface area contributed by atoms with Crippen LogP contribution < -0.4 is 9.47 Å². The maximum absolute atomic E-state index is 6.15. The SMILES string of the molecule is CN1CCC[C@@H]1COc1cc(Br)c(Cl)nc1OC[C@H]1CCCN1C. The number of hydrogen-bond acceptors (Lipinski definition) is 5. The lowest BCUT2D eigenvalue weighted by Gasteiger charge is -2.22. The Kier molecular flexibility index (Phi) is 6.24. The van der Waals surface area contributed by atoms with Crippen molar-refractivity contribution in [2.75, 3.05) is 40.4 Å². The molecule has 0 N–H and O–H groups in total. The van der Waals surface area contributed by atoms with Crippen molar-refractivity contribution in [3.63, 3.8) is 0 Å². The molecule has 0 aromatic carbocycles. The van der Waals surface area contributed by atoms with Gasteiger partial charge in [-0.1, -0.05) is 11.6 Å². The number of rotatable bonds is 6. The smallest absolute Gasteiger partial charge is 0.258 e. The van der Waals surface area contributed by atoms with Crippen molar-refractivity contribution in [1.82, 2.24) is 14.8 Å². The summed E-state index contributed by atoms with van der Waals surface area (Å²) < 4.78 is 12.7. The highest BCUT2D eigenvalue weighted by molar-refractivity contribution is 9.10. The van der Waals surface area contributed by atoms with Gasteiger partial charge in [-0.3, -0.25) is 0 Å². The van der Waals surface area contributed by atoms with Gasteiger partial charge in [0.25, 0.3) is 5.88 Å². The van der Waals surface area contributed by atoms with Crippen LogP contribution in [0, 0.1) is 0 Å². The molecule has 5 nitrogen and oxygen atoms in total. The van der Waals surface area contributed by atoms with Gasteiger partial charge in [0.15, 0.2) is 5.75 Å². The highest BCUT2D eigenvalue weighted by Gasteiger charge is 2.24. The molecule has 2 saturated heterocycles. The number of nitrogens with zero attached hydrogens (tertiary/aromatic N) is 3. The summed E-state index contributed by atoms with van der Waals surface area (Å²) in [7, 11) is 4.28. The molecule has 2 aliphatic rings. The van der Waals surface area contributed by atoms with Gasteiger partial charge in [-0.15, -0.1) is 0 Å². The fourth-order valence-corrected chi connectivity index (χ4v) is 3.81. The lowest BCUT2D eigenvalue weighted by atomic mass is 10.2. The maximum Gasteiger partial charge on any atom is 0.258 e. The van der Waals surface area contributed by atoms with Crippen LogP contribution in [-0.4, -0.2) is 67.3 Å². The van der Waals surface area contributed by atoms with Gasteiger partial charge in [-0.2, -0.15) is 4.98 Å². The highest BCUT2D eigenvalue weighted by atomic mass is 79.9. The number of likely N-dealkylation sites (tertiary alicyclic amines) is 2. The van der Waals surface area contributed by atoms with E-state index in [-0.39, 0.29) is 0 Å². The van der Waals surface area contributed by atoms with Crippen LogP contribution >= 0.6 is 27.5 Å². The van der Waals surface area contributed by atoms with Crippen molar-refractivity contribution in [1.29, 1.82) is 0 Å². The minimum Gasteiger partial charge on any atom is -0.486 e. The number of ether oxygens (including phenoxy) is 2. The molecule has 7 heteroatoms. The molecular weight excluding hydrogens is 394 g/mol. The molecule has 0 bridgehead atoms. The van der Waals surface area contributed by atoms with E-state index in [2.05, 4.69) is 44.8 Å². The quantitative estimate of drug-likeness (QED) is 0.662. The summed E-state index contributed by atoms with van der Waals surface area (Å²) in [6, 6.07) is 2.74. The fourth-order valence-electron chi connectivity index (χ4n) is 3.38. The summed E-state index contributed by atoms with van der Waals surface area (Å²) in [5.41, 5.74) is 0. The number of hydrogen-bond donors (Lipinski definition) is 0. The van der Waals surface area contributed by atoms with E-state index in [1.54, 1.807) is 0 Å². The van der Waals surface area contributed by atoms with Crippen LogP contribution in [0.2, 0.25) is 5.15 Å². The maximum atomic E-state index is 6.15. The lowest BCUT2D eigenvalue weighted by molar-refractivity contribution is 0.169. The first kappa shape index (κ1) is 18.2. The van der Waals surface area contributed by atoms with E-state index < -0.39 is 0 Å². The molecule has 0 saturated carbocycles. The molecule has 3 heterocycles. The normalized spacial score (nSPS) is 25.3. The van der Waals surface area contributed by atoms with Gasteiger partial charge in [0.1, 0.15) is 18.4 Å². The molecule has 134 valence electrons. The minimum atomic E-state index is 0.398. The molecule has 2 atom stereocenters. The highest BCUT2D eigenvalue weighted by Crippen LogP contribution is 2.34. The van der Waals surface area contributed by atoms with E-state index in [9.17, 15) is 0 Å². The Morgan fingerprint density at radius 1 is 1.12 bits per heavy atom. The van der Waals surface area contributed by atoms with E-state index in [1.807, 2.05) is 6.07 Å². The molecule has 2 fully saturated rings. The van der Waals surface area contributed by atoms with Gasteiger partial charge in [0, 0.05) is 18.2 Å². The Morgan fingerprint density at radius 3 is 2.25 bits per heavy atom. The zero-order valence-electron chi connectivity index (χ0n) is 14.3. The Hall–Kier alpha value is -0.560. The van der Waals surface area contributed by atoms with E-state index in [4.69, 9.17) is 21.1 Å². The van der Waals surface area contributed by atoms with Crippen molar-refractivity contribution in [3.05, 3.63) is 15.7 Å². The summed E-state index contributed by atoms with van der Waals surface area (Å²) in [5.74, 6) is 1.15. The molecular formula is C17H25BrClN3O2. The zero-order valence-corrected chi connectivity index (χ0v) is 16.6. The fraction of sp³-hybridized carbons (Fsp3) is 0.706. The summed E-state index contributed by atoms with van der Waals surface area (Å²) in [4.78, 5) is 9.03. The third kappa shape index (κ3) is 4.34. The molecule has 0 radical (unpaired) electrons. The average Bonchev–Trinajstić information content (AvgIpc) is 3.15. The van der Waals surface area contributed by atoms with Crippen LogP contribution in [0.15, 0.2) is 10.5 Å². The molecule has 0 unspecified atom stereocenters. The van der Waals surface area contributed by atoms with Crippen LogP contribution in [-0.2, 0) is 0 Å². The monoisotopic (exact) mass is 417 g/mol. The second-order valence-electron chi connectivity index (χ2n) is 6.74. The van der Waals surface area contributed by atoms with Crippen molar-refractivity contribution in [2.24, 2.45) is 0 Å². The molecule has 1 aromatic heterocycles. The van der Waals surface area contributed by atoms with Gasteiger partial charge >= 0.3 is 0 Å². The van der Waals surface area contributed by atoms with E-state index in [1.165, 1.54) is 19.3 Å². The second kappa shape index (κ2) is 8.21. The van der Waals surface area contributed by atoms with E-state index >= 15 is 0 Å². The summed E-state index contributed by atoms with van der Waals surface area (Å²) in [6.45, 7) is 3.51. The van der Waals surface area contributed by atoms with Crippen LogP contribution in [0.25, 0.3) is 0 Å². The predicted octanol–water partition coefficient (Wildman–Crippen LogP) is 3.44. The molecule has 1 aromatic rings. The van der Waals surface area contributed by atoms with E-state index in [0.717, 1.165) is 24.0 Å². The van der Waals surface area contributed by atoms with Crippen LogP contribution in [0.5, 0.6) is 11.6 Å². The Balaban J connectivity index is 1.66. The van der Waals surface area contributed by atoms with Gasteiger partial charge in [-0.05, 0) is 68.8 Å². The number of halogens is 2. The average molecular weight is 419 g/mol. The first-order valence-corrected chi connectivity index (χ1v) is 9.74. The van der Waals surface area contributed by atoms with Crippen LogP contribution in [0.3, 0.4) is 0 Å². The van der Waals surface area contributed by atoms with E-state index in [0.29, 0.717) is 42.1 Å². The van der Waals surface area contributed by atoms with Crippen molar-refractivity contribution in [2.45, 2.75) is 37.8 Å². The van der Waals surface area contributed by atoms with Gasteiger partial charge in [0.05, 0.1) is 4.47 Å².